The average molecular weight is 146 g/mol. The van der Waals surface area contributed by atoms with Gasteiger partial charge in [-0.05, 0) is 11.8 Å². The zero-order valence-electron chi connectivity index (χ0n) is 8.07. The Morgan fingerprint density at radius 3 is 1.30 bits per heavy atom. The Hall–Kier alpha value is -0.0400. The number of aliphatic hydroxyl groups excluding tert-OH is 1. The fraction of sp³-hybridized carbons (Fsp3) is 1.00. The molecule has 0 saturated heterocycles. The standard InChI is InChI=1S/C6H14.C3H8O/c1-5-6(2,3)4;1-2-3-4/h5H2,1-4H3;4H,2-3H2,1H3. The predicted octanol–water partition coefficient (Wildman–Crippen LogP) is 2.83. The number of hydrogen-bond acceptors (Lipinski definition) is 1. The van der Waals surface area contributed by atoms with Crippen molar-refractivity contribution in [2.45, 2.75) is 47.5 Å². The SMILES string of the molecule is CCC(C)(C)C.CCCO. The Labute approximate surface area is 65.5 Å². The van der Waals surface area contributed by atoms with Crippen molar-refractivity contribution in [3.8, 4) is 0 Å². The molecule has 0 radical (unpaired) electrons. The summed E-state index contributed by atoms with van der Waals surface area (Å²) in [5.41, 5.74) is 0.542. The van der Waals surface area contributed by atoms with E-state index < -0.39 is 0 Å². The molecule has 1 nitrogen and oxygen atoms in total. The first kappa shape index (κ1) is 12.6. The first-order valence-corrected chi connectivity index (χ1v) is 4.08. The van der Waals surface area contributed by atoms with E-state index in [1.807, 2.05) is 6.92 Å². The van der Waals surface area contributed by atoms with Gasteiger partial charge in [0, 0.05) is 6.61 Å². The van der Waals surface area contributed by atoms with Crippen LogP contribution in [0.5, 0.6) is 0 Å². The van der Waals surface area contributed by atoms with Crippen LogP contribution in [-0.4, -0.2) is 11.7 Å². The maximum absolute atomic E-state index is 7.88. The topological polar surface area (TPSA) is 20.2 Å². The number of hydrogen-bond donors (Lipinski definition) is 1. The van der Waals surface area contributed by atoms with E-state index in [0.717, 1.165) is 6.42 Å². The summed E-state index contributed by atoms with van der Waals surface area (Å²) in [4.78, 5) is 0. The van der Waals surface area contributed by atoms with Gasteiger partial charge in [0.1, 0.15) is 0 Å². The summed E-state index contributed by atoms with van der Waals surface area (Å²) in [7, 11) is 0. The molecule has 0 heterocycles. The maximum atomic E-state index is 7.88. The largest absolute Gasteiger partial charge is 0.396 e. The van der Waals surface area contributed by atoms with Crippen molar-refractivity contribution in [1.82, 2.24) is 0 Å². The molecule has 64 valence electrons. The Bertz CT molecular complexity index is 50.2. The van der Waals surface area contributed by atoms with Gasteiger partial charge >= 0.3 is 0 Å². The summed E-state index contributed by atoms with van der Waals surface area (Å²) >= 11 is 0. The molecular formula is C9H22O. The lowest BCUT2D eigenvalue weighted by molar-refractivity contribution is 0.295. The van der Waals surface area contributed by atoms with Crippen LogP contribution in [0.15, 0.2) is 0 Å². The Morgan fingerprint density at radius 1 is 1.10 bits per heavy atom. The van der Waals surface area contributed by atoms with Gasteiger partial charge in [-0.2, -0.15) is 0 Å². The van der Waals surface area contributed by atoms with E-state index in [2.05, 4.69) is 27.7 Å². The van der Waals surface area contributed by atoms with Crippen molar-refractivity contribution >= 4 is 0 Å². The monoisotopic (exact) mass is 146 g/mol. The van der Waals surface area contributed by atoms with Crippen molar-refractivity contribution < 1.29 is 5.11 Å². The van der Waals surface area contributed by atoms with E-state index in [9.17, 15) is 0 Å². The van der Waals surface area contributed by atoms with Crippen LogP contribution in [0.4, 0.5) is 0 Å². The van der Waals surface area contributed by atoms with E-state index >= 15 is 0 Å². The molecule has 0 aromatic rings. The Kier molecular flexibility index (Phi) is 8.92. The number of rotatable bonds is 1. The highest BCUT2D eigenvalue weighted by molar-refractivity contribution is 4.55. The molecule has 0 bridgehead atoms. The fourth-order valence-electron chi connectivity index (χ4n) is 0. The normalized spacial score (nSPS) is 10.2. The molecule has 0 aromatic carbocycles. The second-order valence-electron chi connectivity index (χ2n) is 3.64. The second kappa shape index (κ2) is 7.07. The summed E-state index contributed by atoms with van der Waals surface area (Å²) in [5.74, 6) is 0. The third kappa shape index (κ3) is 24.6. The molecular weight excluding hydrogens is 124 g/mol. The van der Waals surface area contributed by atoms with Crippen LogP contribution in [0.2, 0.25) is 0 Å². The number of aliphatic hydroxyl groups is 1. The minimum absolute atomic E-state index is 0.319. The van der Waals surface area contributed by atoms with Crippen LogP contribution in [0.1, 0.15) is 47.5 Å². The van der Waals surface area contributed by atoms with E-state index in [1.165, 1.54) is 6.42 Å². The highest BCUT2D eigenvalue weighted by Crippen LogP contribution is 2.16. The third-order valence-corrected chi connectivity index (χ3v) is 1.28. The quantitative estimate of drug-likeness (QED) is 0.603. The first-order chi connectivity index (χ1) is 4.47. The van der Waals surface area contributed by atoms with Crippen LogP contribution in [0, 0.1) is 5.41 Å². The van der Waals surface area contributed by atoms with Gasteiger partial charge in [0.15, 0.2) is 0 Å². The minimum Gasteiger partial charge on any atom is -0.396 e. The highest BCUT2D eigenvalue weighted by atomic mass is 16.2. The molecule has 0 aliphatic carbocycles. The third-order valence-electron chi connectivity index (χ3n) is 1.28. The molecule has 0 aliphatic heterocycles. The summed E-state index contributed by atoms with van der Waals surface area (Å²) < 4.78 is 0. The van der Waals surface area contributed by atoms with Gasteiger partial charge in [-0.1, -0.05) is 41.0 Å². The van der Waals surface area contributed by atoms with Gasteiger partial charge in [0.05, 0.1) is 0 Å². The van der Waals surface area contributed by atoms with Gasteiger partial charge in [-0.3, -0.25) is 0 Å². The lowest BCUT2D eigenvalue weighted by atomic mass is 9.94. The summed E-state index contributed by atoms with van der Waals surface area (Å²) in [6.45, 7) is 11.2. The predicted molar refractivity (Wildman–Crippen MR) is 47.1 cm³/mol. The zero-order chi connectivity index (χ0) is 8.62. The summed E-state index contributed by atoms with van der Waals surface area (Å²) in [5, 5.41) is 7.88. The molecule has 0 amide bonds. The summed E-state index contributed by atoms with van der Waals surface area (Å²) in [6.07, 6.45) is 2.15. The van der Waals surface area contributed by atoms with E-state index in [0.29, 0.717) is 12.0 Å². The molecule has 1 N–H and O–H groups in total. The van der Waals surface area contributed by atoms with Crippen molar-refractivity contribution in [2.75, 3.05) is 6.61 Å². The van der Waals surface area contributed by atoms with Crippen molar-refractivity contribution in [3.05, 3.63) is 0 Å². The maximum Gasteiger partial charge on any atom is 0.0428 e. The minimum atomic E-state index is 0.319. The molecule has 0 saturated carbocycles. The Balaban J connectivity index is 0. The zero-order valence-corrected chi connectivity index (χ0v) is 8.07. The van der Waals surface area contributed by atoms with Crippen LogP contribution in [-0.2, 0) is 0 Å². The van der Waals surface area contributed by atoms with Crippen LogP contribution >= 0.6 is 0 Å². The van der Waals surface area contributed by atoms with E-state index in [1.54, 1.807) is 0 Å². The smallest absolute Gasteiger partial charge is 0.0428 e. The van der Waals surface area contributed by atoms with Crippen LogP contribution in [0.25, 0.3) is 0 Å². The van der Waals surface area contributed by atoms with Crippen molar-refractivity contribution in [3.63, 3.8) is 0 Å². The molecule has 0 aromatic heterocycles. The lowest BCUT2D eigenvalue weighted by Crippen LogP contribution is -2.00. The molecule has 0 unspecified atom stereocenters. The van der Waals surface area contributed by atoms with Gasteiger partial charge in [-0.25, -0.2) is 0 Å². The van der Waals surface area contributed by atoms with Gasteiger partial charge in [-0.15, -0.1) is 0 Å². The molecule has 10 heavy (non-hydrogen) atoms. The van der Waals surface area contributed by atoms with Crippen LogP contribution in [0.3, 0.4) is 0 Å². The van der Waals surface area contributed by atoms with Crippen LogP contribution < -0.4 is 0 Å². The van der Waals surface area contributed by atoms with E-state index in [-0.39, 0.29) is 0 Å². The first-order valence-electron chi connectivity index (χ1n) is 4.08. The van der Waals surface area contributed by atoms with Crippen molar-refractivity contribution in [2.24, 2.45) is 5.41 Å². The fourth-order valence-corrected chi connectivity index (χ4v) is 0. The molecule has 0 fully saturated rings. The summed E-state index contributed by atoms with van der Waals surface area (Å²) in [6, 6.07) is 0. The second-order valence-corrected chi connectivity index (χ2v) is 3.64. The van der Waals surface area contributed by atoms with E-state index in [4.69, 9.17) is 5.11 Å². The van der Waals surface area contributed by atoms with Gasteiger partial charge in [0.2, 0.25) is 0 Å². The molecule has 0 spiro atoms. The van der Waals surface area contributed by atoms with Gasteiger partial charge in [0.25, 0.3) is 0 Å². The molecule has 1 heteroatoms. The highest BCUT2D eigenvalue weighted by Gasteiger charge is 2.03. The van der Waals surface area contributed by atoms with Crippen molar-refractivity contribution in [1.29, 1.82) is 0 Å². The average Bonchev–Trinajstić information content (AvgIpc) is 1.87. The molecule has 0 atom stereocenters. The Morgan fingerprint density at radius 2 is 1.30 bits per heavy atom. The molecule has 0 rings (SSSR count). The lowest BCUT2D eigenvalue weighted by Gasteiger charge is -2.12. The molecule has 0 aliphatic rings. The van der Waals surface area contributed by atoms with Gasteiger partial charge < -0.3 is 5.11 Å².